The van der Waals surface area contributed by atoms with Crippen molar-refractivity contribution in [2.45, 2.75) is 20.3 Å². The van der Waals surface area contributed by atoms with Crippen LogP contribution in [0.2, 0.25) is 0 Å². The SMILES string of the molecule is CCC(=O)Nc1ccc(N(CC)[N+](=O)[O-])cc1. The van der Waals surface area contributed by atoms with E-state index in [4.69, 9.17) is 0 Å². The molecule has 1 rings (SSSR count). The Hall–Kier alpha value is -2.11. The highest BCUT2D eigenvalue weighted by atomic mass is 16.7. The Morgan fingerprint density at radius 3 is 2.35 bits per heavy atom. The van der Waals surface area contributed by atoms with Crippen LogP contribution in [0.4, 0.5) is 11.4 Å². The van der Waals surface area contributed by atoms with Gasteiger partial charge in [0.1, 0.15) is 5.69 Å². The van der Waals surface area contributed by atoms with E-state index in [-0.39, 0.29) is 12.5 Å². The predicted molar refractivity (Wildman–Crippen MR) is 65.4 cm³/mol. The molecule has 1 N–H and O–H groups in total. The van der Waals surface area contributed by atoms with Gasteiger partial charge in [-0.25, -0.2) is 10.1 Å². The minimum Gasteiger partial charge on any atom is -0.326 e. The monoisotopic (exact) mass is 237 g/mol. The van der Waals surface area contributed by atoms with Crippen molar-refractivity contribution >= 4 is 17.3 Å². The number of hydrogen-bond acceptors (Lipinski definition) is 3. The Morgan fingerprint density at radius 1 is 1.35 bits per heavy atom. The molecule has 0 aromatic heterocycles. The van der Waals surface area contributed by atoms with Gasteiger partial charge in [0.2, 0.25) is 5.91 Å². The standard InChI is InChI=1S/C11H15N3O3/c1-3-11(15)12-9-5-7-10(8-6-9)13(4-2)14(16)17/h5-8H,3-4H2,1-2H3,(H,12,15). The summed E-state index contributed by atoms with van der Waals surface area (Å²) >= 11 is 0. The highest BCUT2D eigenvalue weighted by Crippen LogP contribution is 2.17. The molecule has 0 saturated heterocycles. The number of nitrogens with zero attached hydrogens (tertiary/aromatic N) is 2. The van der Waals surface area contributed by atoms with E-state index in [1.54, 1.807) is 38.1 Å². The molecule has 0 atom stereocenters. The summed E-state index contributed by atoms with van der Waals surface area (Å²) in [6.07, 6.45) is 0.401. The molecule has 0 radical (unpaired) electrons. The van der Waals surface area contributed by atoms with Crippen molar-refractivity contribution in [1.82, 2.24) is 0 Å². The van der Waals surface area contributed by atoms with E-state index in [1.807, 2.05) is 0 Å². The van der Waals surface area contributed by atoms with E-state index in [9.17, 15) is 14.9 Å². The molecule has 17 heavy (non-hydrogen) atoms. The van der Waals surface area contributed by atoms with Crippen LogP contribution in [0.25, 0.3) is 0 Å². The van der Waals surface area contributed by atoms with Crippen LogP contribution in [0.3, 0.4) is 0 Å². The van der Waals surface area contributed by atoms with Crippen molar-refractivity contribution in [1.29, 1.82) is 0 Å². The van der Waals surface area contributed by atoms with Crippen LogP contribution in [0.5, 0.6) is 0 Å². The second-order valence-electron chi connectivity index (χ2n) is 3.40. The van der Waals surface area contributed by atoms with Crippen LogP contribution in [-0.2, 0) is 4.79 Å². The molecule has 0 aliphatic heterocycles. The van der Waals surface area contributed by atoms with Crippen LogP contribution in [0.1, 0.15) is 20.3 Å². The van der Waals surface area contributed by atoms with E-state index in [1.165, 1.54) is 0 Å². The van der Waals surface area contributed by atoms with Crippen molar-refractivity contribution in [2.75, 3.05) is 16.9 Å². The Balaban J connectivity index is 2.80. The first kappa shape index (κ1) is 13.0. The Morgan fingerprint density at radius 2 is 1.94 bits per heavy atom. The number of carbonyl (C=O) groups is 1. The van der Waals surface area contributed by atoms with Gasteiger partial charge < -0.3 is 5.32 Å². The number of anilines is 2. The van der Waals surface area contributed by atoms with Crippen molar-refractivity contribution < 1.29 is 9.83 Å². The smallest absolute Gasteiger partial charge is 0.224 e. The molecule has 0 heterocycles. The van der Waals surface area contributed by atoms with Crippen LogP contribution < -0.4 is 10.3 Å². The summed E-state index contributed by atoms with van der Waals surface area (Å²) in [5.41, 5.74) is 1.13. The lowest BCUT2D eigenvalue weighted by molar-refractivity contribution is -0.494. The second kappa shape index (κ2) is 5.83. The van der Waals surface area contributed by atoms with Crippen molar-refractivity contribution in [2.24, 2.45) is 0 Å². The highest BCUT2D eigenvalue weighted by molar-refractivity contribution is 5.90. The summed E-state index contributed by atoms with van der Waals surface area (Å²) in [6, 6.07) is 6.51. The highest BCUT2D eigenvalue weighted by Gasteiger charge is 2.13. The van der Waals surface area contributed by atoms with Gasteiger partial charge in [-0.1, -0.05) is 11.9 Å². The molecule has 1 aromatic carbocycles. The minimum absolute atomic E-state index is 0.0839. The lowest BCUT2D eigenvalue weighted by Crippen LogP contribution is -2.29. The molecular formula is C11H15N3O3. The fourth-order valence-corrected chi connectivity index (χ4v) is 1.36. The average molecular weight is 237 g/mol. The van der Waals surface area contributed by atoms with E-state index >= 15 is 0 Å². The molecule has 0 fully saturated rings. The molecule has 0 bridgehead atoms. The third-order valence-corrected chi connectivity index (χ3v) is 2.27. The van der Waals surface area contributed by atoms with Crippen LogP contribution >= 0.6 is 0 Å². The molecule has 6 nitrogen and oxygen atoms in total. The Kier molecular flexibility index (Phi) is 4.45. The molecular weight excluding hydrogens is 222 g/mol. The average Bonchev–Trinajstić information content (AvgIpc) is 2.31. The fraction of sp³-hybridized carbons (Fsp3) is 0.364. The van der Waals surface area contributed by atoms with E-state index < -0.39 is 5.03 Å². The van der Waals surface area contributed by atoms with Gasteiger partial charge in [-0.2, -0.15) is 0 Å². The summed E-state index contributed by atoms with van der Waals surface area (Å²) in [5.74, 6) is -0.0839. The quantitative estimate of drug-likeness (QED) is 0.628. The van der Waals surface area contributed by atoms with Gasteiger partial charge in [0, 0.05) is 12.1 Å². The second-order valence-corrected chi connectivity index (χ2v) is 3.40. The molecule has 1 amide bonds. The van der Waals surface area contributed by atoms with Gasteiger partial charge >= 0.3 is 0 Å². The number of hydrazine groups is 1. The molecule has 92 valence electrons. The number of amides is 1. The molecule has 0 aliphatic rings. The Bertz CT molecular complexity index is 403. The first-order chi connectivity index (χ1) is 8.08. The first-order valence-electron chi connectivity index (χ1n) is 5.40. The fourth-order valence-electron chi connectivity index (χ4n) is 1.36. The number of nitrogens with one attached hydrogen (secondary N) is 1. The largest absolute Gasteiger partial charge is 0.326 e. The van der Waals surface area contributed by atoms with Crippen molar-refractivity contribution in [3.05, 3.63) is 34.4 Å². The summed E-state index contributed by atoms with van der Waals surface area (Å²) in [5, 5.41) is 14.0. The molecule has 0 saturated carbocycles. The summed E-state index contributed by atoms with van der Waals surface area (Å²) in [7, 11) is 0. The van der Waals surface area contributed by atoms with Crippen molar-refractivity contribution in [3.63, 3.8) is 0 Å². The van der Waals surface area contributed by atoms with Gasteiger partial charge in [0.25, 0.3) is 0 Å². The maximum atomic E-state index is 11.1. The number of benzene rings is 1. The summed E-state index contributed by atoms with van der Waals surface area (Å²) < 4.78 is 0. The minimum atomic E-state index is -0.459. The van der Waals surface area contributed by atoms with Crippen LogP contribution in [0, 0.1) is 10.1 Å². The topological polar surface area (TPSA) is 75.5 Å². The van der Waals surface area contributed by atoms with Gasteiger partial charge in [-0.15, -0.1) is 0 Å². The molecule has 0 spiro atoms. The van der Waals surface area contributed by atoms with E-state index in [0.29, 0.717) is 17.8 Å². The third-order valence-electron chi connectivity index (χ3n) is 2.27. The maximum absolute atomic E-state index is 11.1. The van der Waals surface area contributed by atoms with Gasteiger partial charge in [0.15, 0.2) is 5.03 Å². The molecule has 0 unspecified atom stereocenters. The zero-order valence-corrected chi connectivity index (χ0v) is 9.84. The predicted octanol–water partition coefficient (Wildman–Crippen LogP) is 2.05. The summed E-state index contributed by atoms with van der Waals surface area (Å²) in [6.45, 7) is 3.75. The van der Waals surface area contributed by atoms with Gasteiger partial charge in [0.05, 0.1) is 6.54 Å². The normalized spacial score (nSPS) is 9.76. The first-order valence-corrected chi connectivity index (χ1v) is 5.40. The third kappa shape index (κ3) is 3.44. The lowest BCUT2D eigenvalue weighted by Gasteiger charge is -2.12. The number of rotatable bonds is 5. The summed E-state index contributed by atoms with van der Waals surface area (Å²) in [4.78, 5) is 21.8. The number of hydrogen-bond donors (Lipinski definition) is 1. The Labute approximate surface area is 99.4 Å². The number of nitro groups is 1. The zero-order chi connectivity index (χ0) is 12.8. The van der Waals surface area contributed by atoms with Gasteiger partial charge in [-0.3, -0.25) is 4.79 Å². The van der Waals surface area contributed by atoms with Crippen LogP contribution in [-0.4, -0.2) is 17.5 Å². The zero-order valence-electron chi connectivity index (χ0n) is 9.84. The number of carbonyl (C=O) groups excluding carboxylic acids is 1. The maximum Gasteiger partial charge on any atom is 0.224 e. The lowest BCUT2D eigenvalue weighted by atomic mass is 10.2. The van der Waals surface area contributed by atoms with E-state index in [0.717, 1.165) is 5.01 Å². The van der Waals surface area contributed by atoms with E-state index in [2.05, 4.69) is 5.32 Å². The van der Waals surface area contributed by atoms with Gasteiger partial charge in [-0.05, 0) is 31.2 Å². The molecule has 0 aliphatic carbocycles. The van der Waals surface area contributed by atoms with Crippen molar-refractivity contribution in [3.8, 4) is 0 Å². The molecule has 6 heteroatoms. The van der Waals surface area contributed by atoms with Crippen LogP contribution in [0.15, 0.2) is 24.3 Å². The molecule has 1 aromatic rings.